The first-order chi connectivity index (χ1) is 9.35. The molecule has 0 aromatic carbocycles. The van der Waals surface area contributed by atoms with E-state index in [0.717, 1.165) is 50.6 Å². The van der Waals surface area contributed by atoms with Crippen molar-refractivity contribution in [3.63, 3.8) is 0 Å². The summed E-state index contributed by atoms with van der Waals surface area (Å²) < 4.78 is 2.08. The molecule has 1 heterocycles. The van der Waals surface area contributed by atoms with Gasteiger partial charge in [0.05, 0.1) is 11.4 Å². The zero-order chi connectivity index (χ0) is 13.2. The van der Waals surface area contributed by atoms with E-state index in [-0.39, 0.29) is 0 Å². The van der Waals surface area contributed by atoms with Gasteiger partial charge < -0.3 is 10.8 Å². The molecule has 2 aliphatic carbocycles. The normalized spacial score (nSPS) is 29.3. The lowest BCUT2D eigenvalue weighted by Gasteiger charge is -2.10. The SMILES string of the molecule is NCCCCn1nnc2c1CCC1C(CO)C1CC2. The van der Waals surface area contributed by atoms with Crippen molar-refractivity contribution in [1.82, 2.24) is 15.0 Å². The second-order valence-corrected chi connectivity index (χ2v) is 5.95. The van der Waals surface area contributed by atoms with Crippen LogP contribution >= 0.6 is 0 Å². The van der Waals surface area contributed by atoms with Gasteiger partial charge in [0, 0.05) is 13.2 Å². The van der Waals surface area contributed by atoms with Gasteiger partial charge in [0.25, 0.3) is 0 Å². The summed E-state index contributed by atoms with van der Waals surface area (Å²) in [4.78, 5) is 0. The van der Waals surface area contributed by atoms with Gasteiger partial charge in [0.15, 0.2) is 0 Å². The molecule has 0 radical (unpaired) electrons. The highest BCUT2D eigenvalue weighted by atomic mass is 16.3. The van der Waals surface area contributed by atoms with Crippen LogP contribution in [0.4, 0.5) is 0 Å². The molecule has 5 heteroatoms. The molecular formula is C14H24N4O. The largest absolute Gasteiger partial charge is 0.396 e. The maximum atomic E-state index is 9.34. The fourth-order valence-corrected chi connectivity index (χ4v) is 3.68. The molecule has 0 amide bonds. The third kappa shape index (κ3) is 2.54. The average molecular weight is 264 g/mol. The van der Waals surface area contributed by atoms with Gasteiger partial charge >= 0.3 is 0 Å². The molecule has 3 atom stereocenters. The minimum absolute atomic E-state index is 0.363. The van der Waals surface area contributed by atoms with Crippen molar-refractivity contribution in [1.29, 1.82) is 0 Å². The maximum Gasteiger partial charge on any atom is 0.0859 e. The van der Waals surface area contributed by atoms with Crippen LogP contribution in [0.1, 0.15) is 37.1 Å². The van der Waals surface area contributed by atoms with E-state index in [0.29, 0.717) is 12.5 Å². The van der Waals surface area contributed by atoms with Crippen LogP contribution in [0.25, 0.3) is 0 Å². The molecule has 1 aromatic heterocycles. The van der Waals surface area contributed by atoms with E-state index in [2.05, 4.69) is 15.0 Å². The van der Waals surface area contributed by atoms with Crippen molar-refractivity contribution in [2.45, 2.75) is 45.1 Å². The number of unbranched alkanes of at least 4 members (excludes halogenated alkanes) is 1. The predicted octanol–water partition coefficient (Wildman–Crippen LogP) is 0.750. The standard InChI is InChI=1S/C14H24N4O/c15-7-1-2-8-18-14-6-4-11-10(12(11)9-19)3-5-13(14)16-17-18/h10-12,19H,1-9,15H2. The molecule has 3 N–H and O–H groups in total. The van der Waals surface area contributed by atoms with Gasteiger partial charge in [-0.3, -0.25) is 0 Å². The average Bonchev–Trinajstić information content (AvgIpc) is 2.93. The Morgan fingerprint density at radius 1 is 1.21 bits per heavy atom. The highest BCUT2D eigenvalue weighted by Gasteiger charge is 2.49. The number of aliphatic hydroxyl groups excluding tert-OH is 1. The van der Waals surface area contributed by atoms with Crippen LogP contribution in [0.3, 0.4) is 0 Å². The van der Waals surface area contributed by atoms with E-state index in [9.17, 15) is 5.11 Å². The van der Waals surface area contributed by atoms with Crippen LogP contribution in [0.15, 0.2) is 0 Å². The Hall–Kier alpha value is -0.940. The Labute approximate surface area is 114 Å². The van der Waals surface area contributed by atoms with Crippen LogP contribution < -0.4 is 5.73 Å². The number of nitrogens with two attached hydrogens (primary N) is 1. The molecule has 3 rings (SSSR count). The summed E-state index contributed by atoms with van der Waals surface area (Å²) in [5.41, 5.74) is 8.06. The number of fused-ring (bicyclic) bond motifs is 2. The second kappa shape index (κ2) is 5.59. The lowest BCUT2D eigenvalue weighted by molar-refractivity contribution is 0.262. The van der Waals surface area contributed by atoms with Crippen LogP contribution in [-0.2, 0) is 19.4 Å². The zero-order valence-corrected chi connectivity index (χ0v) is 11.5. The number of rotatable bonds is 5. The summed E-state index contributed by atoms with van der Waals surface area (Å²) >= 11 is 0. The summed E-state index contributed by atoms with van der Waals surface area (Å²) in [7, 11) is 0. The van der Waals surface area contributed by atoms with Crippen molar-refractivity contribution >= 4 is 0 Å². The first kappa shape index (κ1) is 13.1. The van der Waals surface area contributed by atoms with Crippen LogP contribution in [0.2, 0.25) is 0 Å². The fourth-order valence-electron chi connectivity index (χ4n) is 3.68. The van der Waals surface area contributed by atoms with Crippen molar-refractivity contribution in [2.75, 3.05) is 13.2 Å². The van der Waals surface area contributed by atoms with Gasteiger partial charge in [-0.2, -0.15) is 0 Å². The van der Waals surface area contributed by atoms with Crippen LogP contribution in [0.5, 0.6) is 0 Å². The number of aromatic nitrogens is 3. The van der Waals surface area contributed by atoms with Gasteiger partial charge in [0.2, 0.25) is 0 Å². The predicted molar refractivity (Wildman–Crippen MR) is 72.5 cm³/mol. The van der Waals surface area contributed by atoms with Crippen molar-refractivity contribution < 1.29 is 5.11 Å². The van der Waals surface area contributed by atoms with Crippen LogP contribution in [-0.4, -0.2) is 33.3 Å². The monoisotopic (exact) mass is 264 g/mol. The van der Waals surface area contributed by atoms with Crippen molar-refractivity contribution in [3.05, 3.63) is 11.4 Å². The van der Waals surface area contributed by atoms with Gasteiger partial charge in [0.1, 0.15) is 0 Å². The molecule has 3 unspecified atom stereocenters. The number of aryl methyl sites for hydroxylation is 2. The van der Waals surface area contributed by atoms with Gasteiger partial charge in [-0.25, -0.2) is 4.68 Å². The molecule has 0 saturated heterocycles. The van der Waals surface area contributed by atoms with E-state index in [1.807, 2.05) is 0 Å². The number of nitrogens with zero attached hydrogens (tertiary/aromatic N) is 3. The van der Waals surface area contributed by atoms with E-state index < -0.39 is 0 Å². The Morgan fingerprint density at radius 3 is 2.74 bits per heavy atom. The summed E-state index contributed by atoms with van der Waals surface area (Å²) in [6, 6.07) is 0. The summed E-state index contributed by atoms with van der Waals surface area (Å²) in [5.74, 6) is 2.04. The highest BCUT2D eigenvalue weighted by Crippen LogP contribution is 2.52. The van der Waals surface area contributed by atoms with Crippen LogP contribution in [0, 0.1) is 17.8 Å². The summed E-state index contributed by atoms with van der Waals surface area (Å²) in [6.45, 7) is 2.05. The smallest absolute Gasteiger partial charge is 0.0859 e. The molecule has 19 heavy (non-hydrogen) atoms. The van der Waals surface area contributed by atoms with E-state index >= 15 is 0 Å². The molecule has 0 spiro atoms. The van der Waals surface area contributed by atoms with E-state index in [1.165, 1.54) is 24.2 Å². The number of hydrogen-bond donors (Lipinski definition) is 2. The maximum absolute atomic E-state index is 9.34. The minimum Gasteiger partial charge on any atom is -0.396 e. The minimum atomic E-state index is 0.363. The Morgan fingerprint density at radius 2 is 2.00 bits per heavy atom. The summed E-state index contributed by atoms with van der Waals surface area (Å²) in [6.07, 6.45) is 6.59. The molecule has 1 saturated carbocycles. The van der Waals surface area contributed by atoms with Gasteiger partial charge in [-0.1, -0.05) is 5.21 Å². The second-order valence-electron chi connectivity index (χ2n) is 5.95. The summed E-state index contributed by atoms with van der Waals surface area (Å²) in [5, 5.41) is 18.0. The lowest BCUT2D eigenvalue weighted by atomic mass is 10.0. The molecule has 1 aromatic rings. The van der Waals surface area contributed by atoms with E-state index in [4.69, 9.17) is 5.73 Å². The molecule has 0 bridgehead atoms. The molecule has 1 fully saturated rings. The Balaban J connectivity index is 1.66. The number of aliphatic hydroxyl groups is 1. The Kier molecular flexibility index (Phi) is 3.84. The van der Waals surface area contributed by atoms with Gasteiger partial charge in [-0.05, 0) is 62.8 Å². The van der Waals surface area contributed by atoms with E-state index in [1.54, 1.807) is 0 Å². The lowest BCUT2D eigenvalue weighted by Crippen LogP contribution is -2.10. The first-order valence-electron chi connectivity index (χ1n) is 7.57. The van der Waals surface area contributed by atoms with Crippen molar-refractivity contribution in [2.24, 2.45) is 23.5 Å². The third-order valence-electron chi connectivity index (χ3n) is 4.89. The van der Waals surface area contributed by atoms with Crippen molar-refractivity contribution in [3.8, 4) is 0 Å². The molecular weight excluding hydrogens is 240 g/mol. The zero-order valence-electron chi connectivity index (χ0n) is 11.5. The molecule has 2 aliphatic rings. The first-order valence-corrected chi connectivity index (χ1v) is 7.57. The Bertz CT molecular complexity index is 431. The number of hydrogen-bond acceptors (Lipinski definition) is 4. The molecule has 5 nitrogen and oxygen atoms in total. The van der Waals surface area contributed by atoms with Gasteiger partial charge in [-0.15, -0.1) is 5.10 Å². The molecule has 0 aliphatic heterocycles. The quantitative estimate of drug-likeness (QED) is 0.769. The topological polar surface area (TPSA) is 77.0 Å². The third-order valence-corrected chi connectivity index (χ3v) is 4.89. The fraction of sp³-hybridized carbons (Fsp3) is 0.857. The molecule has 106 valence electrons. The highest BCUT2D eigenvalue weighted by molar-refractivity contribution is 5.15.